The monoisotopic (exact) mass is 318 g/mol. The zero-order valence-corrected chi connectivity index (χ0v) is 13.2. The molecule has 0 aliphatic rings. The van der Waals surface area contributed by atoms with Gasteiger partial charge in [-0.1, -0.05) is 23.7 Å². The molecule has 0 saturated carbocycles. The second-order valence-electron chi connectivity index (χ2n) is 4.36. The molecule has 1 N–H and O–H groups in total. The van der Waals surface area contributed by atoms with Gasteiger partial charge in [-0.05, 0) is 24.6 Å². The molecule has 7 heteroatoms. The van der Waals surface area contributed by atoms with Gasteiger partial charge in [-0.15, -0.1) is 0 Å². The van der Waals surface area contributed by atoms with Gasteiger partial charge in [0.05, 0.1) is 5.75 Å². The smallest absolute Gasteiger partial charge is 0.219 e. The fourth-order valence-electron chi connectivity index (χ4n) is 1.60. The Morgan fingerprint density at radius 1 is 1.30 bits per heavy atom. The SMILES string of the molecule is CCS(=O)(=O)NCCN(Cc1ccc(Cl)cc1)C(C)=O. The molecule has 0 spiro atoms. The summed E-state index contributed by atoms with van der Waals surface area (Å²) in [7, 11) is -3.22. The number of benzene rings is 1. The predicted octanol–water partition coefficient (Wildman–Crippen LogP) is 1.63. The van der Waals surface area contributed by atoms with Crippen LogP contribution in [0.25, 0.3) is 0 Å². The van der Waals surface area contributed by atoms with Crippen molar-refractivity contribution in [3.8, 4) is 0 Å². The van der Waals surface area contributed by atoms with Gasteiger partial charge in [-0.2, -0.15) is 0 Å². The van der Waals surface area contributed by atoms with Crippen molar-refractivity contribution in [3.63, 3.8) is 0 Å². The number of sulfonamides is 1. The maximum absolute atomic E-state index is 11.6. The molecule has 1 aromatic rings. The Kier molecular flexibility index (Phi) is 6.45. The minimum absolute atomic E-state index is 0.0320. The van der Waals surface area contributed by atoms with Crippen molar-refractivity contribution >= 4 is 27.5 Å². The van der Waals surface area contributed by atoms with E-state index in [4.69, 9.17) is 11.6 Å². The van der Waals surface area contributed by atoms with E-state index in [0.29, 0.717) is 18.1 Å². The molecule has 0 aliphatic heterocycles. The molecule has 0 aromatic heterocycles. The van der Waals surface area contributed by atoms with Crippen LogP contribution >= 0.6 is 11.6 Å². The Labute approximate surface area is 125 Å². The van der Waals surface area contributed by atoms with Crippen molar-refractivity contribution in [2.24, 2.45) is 0 Å². The van der Waals surface area contributed by atoms with Gasteiger partial charge in [0.2, 0.25) is 15.9 Å². The first-order valence-electron chi connectivity index (χ1n) is 6.31. The van der Waals surface area contributed by atoms with Crippen LogP contribution in [-0.2, 0) is 21.4 Å². The zero-order chi connectivity index (χ0) is 15.2. The van der Waals surface area contributed by atoms with Crippen LogP contribution in [0.4, 0.5) is 0 Å². The lowest BCUT2D eigenvalue weighted by Gasteiger charge is -2.21. The van der Waals surface area contributed by atoms with Gasteiger partial charge >= 0.3 is 0 Å². The number of carbonyl (C=O) groups is 1. The quantitative estimate of drug-likeness (QED) is 0.831. The van der Waals surface area contributed by atoms with E-state index in [0.717, 1.165) is 5.56 Å². The summed E-state index contributed by atoms with van der Waals surface area (Å²) in [5, 5.41) is 0.638. The first-order chi connectivity index (χ1) is 9.34. The molecule has 0 aliphatic carbocycles. The molecule has 0 unspecified atom stereocenters. The van der Waals surface area contributed by atoms with Crippen LogP contribution in [0.3, 0.4) is 0 Å². The van der Waals surface area contributed by atoms with Crippen molar-refractivity contribution in [2.75, 3.05) is 18.8 Å². The van der Waals surface area contributed by atoms with Crippen LogP contribution in [0, 0.1) is 0 Å². The molecule has 5 nitrogen and oxygen atoms in total. The maximum atomic E-state index is 11.6. The second kappa shape index (κ2) is 7.61. The molecule has 0 atom stereocenters. The number of hydrogen-bond acceptors (Lipinski definition) is 3. The Bertz CT molecular complexity index is 543. The highest BCUT2D eigenvalue weighted by atomic mass is 35.5. The maximum Gasteiger partial charge on any atom is 0.219 e. The minimum atomic E-state index is -3.22. The van der Waals surface area contributed by atoms with Crippen molar-refractivity contribution in [1.82, 2.24) is 9.62 Å². The van der Waals surface area contributed by atoms with Gasteiger partial charge in [-0.3, -0.25) is 4.79 Å². The number of hydrogen-bond donors (Lipinski definition) is 1. The Balaban J connectivity index is 2.57. The number of carbonyl (C=O) groups excluding carboxylic acids is 1. The van der Waals surface area contributed by atoms with Crippen molar-refractivity contribution in [3.05, 3.63) is 34.9 Å². The minimum Gasteiger partial charge on any atom is -0.337 e. The van der Waals surface area contributed by atoms with Crippen LogP contribution in [0.5, 0.6) is 0 Å². The average Bonchev–Trinajstić information content (AvgIpc) is 2.39. The van der Waals surface area contributed by atoms with Crippen LogP contribution in [0.2, 0.25) is 5.02 Å². The van der Waals surface area contributed by atoms with E-state index in [-0.39, 0.29) is 18.2 Å². The first-order valence-corrected chi connectivity index (χ1v) is 8.34. The largest absolute Gasteiger partial charge is 0.337 e. The van der Waals surface area contributed by atoms with Gasteiger partial charge in [0, 0.05) is 31.6 Å². The zero-order valence-electron chi connectivity index (χ0n) is 11.6. The predicted molar refractivity (Wildman–Crippen MR) is 80.0 cm³/mol. The molecule has 0 bridgehead atoms. The van der Waals surface area contributed by atoms with E-state index in [1.54, 1.807) is 24.0 Å². The fraction of sp³-hybridized carbons (Fsp3) is 0.462. The van der Waals surface area contributed by atoms with Gasteiger partial charge in [-0.25, -0.2) is 13.1 Å². The standard InChI is InChI=1S/C13H19ClN2O3S/c1-3-20(18,19)15-8-9-16(11(2)17)10-12-4-6-13(14)7-5-12/h4-7,15H,3,8-10H2,1-2H3. The molecule has 20 heavy (non-hydrogen) atoms. The number of nitrogens with zero attached hydrogens (tertiary/aromatic N) is 1. The molecule has 1 rings (SSSR count). The summed E-state index contributed by atoms with van der Waals surface area (Å²) in [5.41, 5.74) is 0.947. The lowest BCUT2D eigenvalue weighted by molar-refractivity contribution is -0.129. The topological polar surface area (TPSA) is 66.5 Å². The third-order valence-electron chi connectivity index (χ3n) is 2.82. The third-order valence-corrected chi connectivity index (χ3v) is 4.47. The van der Waals surface area contributed by atoms with Crippen LogP contribution in [0.15, 0.2) is 24.3 Å². The number of nitrogens with one attached hydrogen (secondary N) is 1. The van der Waals surface area contributed by atoms with E-state index < -0.39 is 10.0 Å². The van der Waals surface area contributed by atoms with Gasteiger partial charge < -0.3 is 4.90 Å². The van der Waals surface area contributed by atoms with Gasteiger partial charge in [0.1, 0.15) is 0 Å². The van der Waals surface area contributed by atoms with Crippen LogP contribution in [-0.4, -0.2) is 38.1 Å². The molecule has 0 heterocycles. The number of amides is 1. The lowest BCUT2D eigenvalue weighted by Crippen LogP contribution is -2.37. The van der Waals surface area contributed by atoms with E-state index >= 15 is 0 Å². The highest BCUT2D eigenvalue weighted by Gasteiger charge is 2.11. The highest BCUT2D eigenvalue weighted by Crippen LogP contribution is 2.11. The van der Waals surface area contributed by atoms with Crippen LogP contribution in [0.1, 0.15) is 19.4 Å². The first kappa shape index (κ1) is 16.9. The van der Waals surface area contributed by atoms with E-state index in [1.807, 2.05) is 12.1 Å². The summed E-state index contributed by atoms with van der Waals surface area (Å²) in [6, 6.07) is 7.20. The second-order valence-corrected chi connectivity index (χ2v) is 6.90. The van der Waals surface area contributed by atoms with E-state index in [2.05, 4.69) is 4.72 Å². The van der Waals surface area contributed by atoms with Crippen molar-refractivity contribution in [2.45, 2.75) is 20.4 Å². The molecular formula is C13H19ClN2O3S. The number of rotatable bonds is 7. The highest BCUT2D eigenvalue weighted by molar-refractivity contribution is 7.89. The third kappa shape index (κ3) is 5.90. The van der Waals surface area contributed by atoms with Crippen molar-refractivity contribution < 1.29 is 13.2 Å². The molecular weight excluding hydrogens is 300 g/mol. The molecule has 0 fully saturated rings. The number of halogens is 1. The summed E-state index contributed by atoms with van der Waals surface area (Å²) in [6.07, 6.45) is 0. The fourth-order valence-corrected chi connectivity index (χ4v) is 2.33. The summed E-state index contributed by atoms with van der Waals surface area (Å²) in [6.45, 7) is 4.00. The molecule has 112 valence electrons. The molecule has 1 amide bonds. The summed E-state index contributed by atoms with van der Waals surface area (Å²) >= 11 is 5.80. The Morgan fingerprint density at radius 3 is 2.40 bits per heavy atom. The Hall–Kier alpha value is -1.11. The molecule has 0 saturated heterocycles. The molecule has 1 aromatic carbocycles. The van der Waals surface area contributed by atoms with Crippen LogP contribution < -0.4 is 4.72 Å². The summed E-state index contributed by atoms with van der Waals surface area (Å²) < 4.78 is 25.1. The normalized spacial score (nSPS) is 11.3. The average molecular weight is 319 g/mol. The Morgan fingerprint density at radius 2 is 1.90 bits per heavy atom. The van der Waals surface area contributed by atoms with Crippen molar-refractivity contribution in [1.29, 1.82) is 0 Å². The van der Waals surface area contributed by atoms with E-state index in [9.17, 15) is 13.2 Å². The van der Waals surface area contributed by atoms with Gasteiger partial charge in [0.15, 0.2) is 0 Å². The summed E-state index contributed by atoms with van der Waals surface area (Å²) in [5.74, 6) is -0.0693. The van der Waals surface area contributed by atoms with E-state index in [1.165, 1.54) is 6.92 Å². The molecule has 0 radical (unpaired) electrons. The lowest BCUT2D eigenvalue weighted by atomic mass is 10.2. The summed E-state index contributed by atoms with van der Waals surface area (Å²) in [4.78, 5) is 13.1. The van der Waals surface area contributed by atoms with Gasteiger partial charge in [0.25, 0.3) is 0 Å².